The highest BCUT2D eigenvalue weighted by Crippen LogP contribution is 2.36. The van der Waals surface area contributed by atoms with Crippen LogP contribution in [0.25, 0.3) is 0 Å². The summed E-state index contributed by atoms with van der Waals surface area (Å²) in [6.45, 7) is 6.38. The van der Waals surface area contributed by atoms with Crippen LogP contribution in [0.4, 0.5) is 24.5 Å². The highest BCUT2D eigenvalue weighted by atomic mass is 19.4. The number of rotatable bonds is 1. The van der Waals surface area contributed by atoms with E-state index in [1.165, 1.54) is 6.07 Å². The molecule has 0 atom stereocenters. The second-order valence-corrected chi connectivity index (χ2v) is 5.92. The van der Waals surface area contributed by atoms with E-state index >= 15 is 0 Å². The van der Waals surface area contributed by atoms with E-state index in [1.54, 1.807) is 6.07 Å². The third-order valence-electron chi connectivity index (χ3n) is 4.02. The van der Waals surface area contributed by atoms with E-state index < -0.39 is 11.7 Å². The molecule has 1 heterocycles. The smallest absolute Gasteiger partial charge is 0.398 e. The average molecular weight is 287 g/mol. The molecule has 0 radical (unpaired) electrons. The van der Waals surface area contributed by atoms with E-state index in [-0.39, 0.29) is 11.2 Å². The monoisotopic (exact) mass is 287 g/mol. The van der Waals surface area contributed by atoms with Crippen LogP contribution in [0.2, 0.25) is 0 Å². The highest BCUT2D eigenvalue weighted by molar-refractivity contribution is 5.60. The van der Waals surface area contributed by atoms with E-state index in [2.05, 4.69) is 18.7 Å². The van der Waals surface area contributed by atoms with Gasteiger partial charge in [0, 0.05) is 36.5 Å². The number of nitrogen functional groups attached to an aromatic ring is 1. The van der Waals surface area contributed by atoms with Crippen LogP contribution in [-0.4, -0.2) is 37.1 Å². The zero-order chi connectivity index (χ0) is 15.1. The number of halogens is 3. The number of nitrogens with two attached hydrogens (primary N) is 1. The lowest BCUT2D eigenvalue weighted by atomic mass is 9.99. The fourth-order valence-corrected chi connectivity index (χ4v) is 2.45. The summed E-state index contributed by atoms with van der Waals surface area (Å²) in [4.78, 5) is 4.19. The highest BCUT2D eigenvalue weighted by Gasteiger charge is 2.35. The first kappa shape index (κ1) is 15.0. The van der Waals surface area contributed by atoms with Gasteiger partial charge >= 0.3 is 6.18 Å². The zero-order valence-corrected chi connectivity index (χ0v) is 12.0. The standard InChI is InChI=1S/C14H20F3N3/c1-13(2)9-20(7-6-19(13)3)10-4-5-12(18)11(8-10)14(15,16)17/h4-5,8H,6-7,9,18H2,1-3H3. The van der Waals surface area contributed by atoms with E-state index in [1.807, 2.05) is 11.9 Å². The molecule has 1 aliphatic heterocycles. The molecule has 0 spiro atoms. The van der Waals surface area contributed by atoms with Crippen molar-refractivity contribution < 1.29 is 13.2 Å². The summed E-state index contributed by atoms with van der Waals surface area (Å²) >= 11 is 0. The van der Waals surface area contributed by atoms with Crippen molar-refractivity contribution >= 4 is 11.4 Å². The Balaban J connectivity index is 2.30. The molecule has 2 rings (SSSR count). The predicted molar refractivity (Wildman–Crippen MR) is 74.8 cm³/mol. The van der Waals surface area contributed by atoms with Gasteiger partial charge in [0.1, 0.15) is 0 Å². The van der Waals surface area contributed by atoms with Crippen LogP contribution in [0, 0.1) is 0 Å². The number of alkyl halides is 3. The predicted octanol–water partition coefficient (Wildman–Crippen LogP) is 2.82. The molecule has 0 amide bonds. The minimum absolute atomic E-state index is 0.0714. The molecule has 112 valence electrons. The minimum atomic E-state index is -4.41. The normalized spacial score (nSPS) is 20.2. The molecule has 0 saturated carbocycles. The van der Waals surface area contributed by atoms with Crippen molar-refractivity contribution in [2.24, 2.45) is 0 Å². The van der Waals surface area contributed by atoms with Crippen LogP contribution in [-0.2, 0) is 6.18 Å². The number of nitrogens with zero attached hydrogens (tertiary/aromatic N) is 2. The third kappa shape index (κ3) is 2.85. The topological polar surface area (TPSA) is 32.5 Å². The van der Waals surface area contributed by atoms with Crippen molar-refractivity contribution in [1.29, 1.82) is 0 Å². The van der Waals surface area contributed by atoms with Gasteiger partial charge in [-0.25, -0.2) is 0 Å². The van der Waals surface area contributed by atoms with Gasteiger partial charge in [-0.15, -0.1) is 0 Å². The lowest BCUT2D eigenvalue weighted by molar-refractivity contribution is -0.136. The van der Waals surface area contributed by atoms with Crippen molar-refractivity contribution in [3.05, 3.63) is 23.8 Å². The van der Waals surface area contributed by atoms with Gasteiger partial charge in [0.15, 0.2) is 0 Å². The van der Waals surface area contributed by atoms with E-state index in [0.29, 0.717) is 18.8 Å². The fourth-order valence-electron chi connectivity index (χ4n) is 2.45. The average Bonchev–Trinajstić information content (AvgIpc) is 2.32. The first-order valence-electron chi connectivity index (χ1n) is 6.54. The number of likely N-dealkylation sites (N-methyl/N-ethyl adjacent to an activating group) is 1. The third-order valence-corrected chi connectivity index (χ3v) is 4.02. The largest absolute Gasteiger partial charge is 0.418 e. The Hall–Kier alpha value is -1.43. The van der Waals surface area contributed by atoms with Gasteiger partial charge in [-0.2, -0.15) is 13.2 Å². The molecule has 3 nitrogen and oxygen atoms in total. The lowest BCUT2D eigenvalue weighted by Crippen LogP contribution is -2.57. The summed E-state index contributed by atoms with van der Waals surface area (Å²) in [5.74, 6) is 0. The molecule has 6 heteroatoms. The van der Waals surface area contributed by atoms with E-state index in [0.717, 1.165) is 12.6 Å². The van der Waals surface area contributed by atoms with Crippen LogP contribution in [0.1, 0.15) is 19.4 Å². The van der Waals surface area contributed by atoms with Crippen LogP contribution in [0.3, 0.4) is 0 Å². The SMILES string of the molecule is CN1CCN(c2ccc(N)c(C(F)(F)F)c2)CC1(C)C. The van der Waals surface area contributed by atoms with Gasteiger partial charge in [-0.05, 0) is 39.1 Å². The van der Waals surface area contributed by atoms with E-state index in [9.17, 15) is 13.2 Å². The van der Waals surface area contributed by atoms with Gasteiger partial charge in [0.2, 0.25) is 0 Å². The fraction of sp³-hybridized carbons (Fsp3) is 0.571. The Morgan fingerprint density at radius 1 is 1.20 bits per heavy atom. The molecule has 0 aliphatic carbocycles. The van der Waals surface area contributed by atoms with Crippen molar-refractivity contribution in [1.82, 2.24) is 4.90 Å². The van der Waals surface area contributed by atoms with Crippen LogP contribution in [0.5, 0.6) is 0 Å². The Kier molecular flexibility index (Phi) is 3.62. The van der Waals surface area contributed by atoms with Crippen LogP contribution < -0.4 is 10.6 Å². The number of piperazine rings is 1. The van der Waals surface area contributed by atoms with Gasteiger partial charge in [-0.1, -0.05) is 0 Å². The summed E-state index contributed by atoms with van der Waals surface area (Å²) in [7, 11) is 2.03. The maximum Gasteiger partial charge on any atom is 0.418 e. The van der Waals surface area contributed by atoms with Gasteiger partial charge in [0.05, 0.1) is 5.56 Å². The number of anilines is 2. The molecule has 1 saturated heterocycles. The second kappa shape index (κ2) is 4.84. The molecule has 1 fully saturated rings. The van der Waals surface area contributed by atoms with Gasteiger partial charge < -0.3 is 10.6 Å². The summed E-state index contributed by atoms with van der Waals surface area (Å²) in [6, 6.07) is 4.15. The molecule has 1 aliphatic rings. The molecule has 0 bridgehead atoms. The lowest BCUT2D eigenvalue weighted by Gasteiger charge is -2.46. The second-order valence-electron chi connectivity index (χ2n) is 5.92. The Morgan fingerprint density at radius 2 is 1.85 bits per heavy atom. The van der Waals surface area contributed by atoms with E-state index in [4.69, 9.17) is 5.73 Å². The Labute approximate surface area is 117 Å². The summed E-state index contributed by atoms with van der Waals surface area (Å²) in [6.07, 6.45) is -4.41. The quantitative estimate of drug-likeness (QED) is 0.806. The Bertz CT molecular complexity index is 497. The summed E-state index contributed by atoms with van der Waals surface area (Å²) < 4.78 is 38.7. The molecule has 1 aromatic rings. The molecule has 0 unspecified atom stereocenters. The molecule has 1 aromatic carbocycles. The number of hydrogen-bond donors (Lipinski definition) is 1. The number of hydrogen-bond acceptors (Lipinski definition) is 3. The van der Waals surface area contributed by atoms with Crippen molar-refractivity contribution in [3.63, 3.8) is 0 Å². The molecular formula is C14H20F3N3. The zero-order valence-electron chi connectivity index (χ0n) is 12.0. The molecule has 2 N–H and O–H groups in total. The summed E-state index contributed by atoms with van der Waals surface area (Å²) in [5.41, 5.74) is 4.95. The molecule has 0 aromatic heterocycles. The van der Waals surface area contributed by atoms with Gasteiger partial charge in [0.25, 0.3) is 0 Å². The van der Waals surface area contributed by atoms with Crippen LogP contribution >= 0.6 is 0 Å². The first-order chi connectivity index (χ1) is 9.11. The van der Waals surface area contributed by atoms with Crippen LogP contribution in [0.15, 0.2) is 18.2 Å². The maximum atomic E-state index is 12.9. The van der Waals surface area contributed by atoms with Gasteiger partial charge in [-0.3, -0.25) is 4.90 Å². The summed E-state index contributed by atoms with van der Waals surface area (Å²) in [5, 5.41) is 0. The maximum absolute atomic E-state index is 12.9. The van der Waals surface area contributed by atoms with Crippen molar-refractivity contribution in [3.8, 4) is 0 Å². The molecular weight excluding hydrogens is 267 g/mol. The number of benzene rings is 1. The minimum Gasteiger partial charge on any atom is -0.398 e. The first-order valence-corrected chi connectivity index (χ1v) is 6.54. The Morgan fingerprint density at radius 3 is 2.40 bits per heavy atom. The van der Waals surface area contributed by atoms with Crippen molar-refractivity contribution in [2.75, 3.05) is 37.3 Å². The van der Waals surface area contributed by atoms with Crippen molar-refractivity contribution in [2.45, 2.75) is 25.6 Å². The molecule has 20 heavy (non-hydrogen) atoms.